The van der Waals surface area contributed by atoms with Crippen molar-refractivity contribution in [2.24, 2.45) is 5.41 Å². The quantitative estimate of drug-likeness (QED) is 0.513. The number of aliphatic hydroxyl groups is 1. The average Bonchev–Trinajstić information content (AvgIpc) is 2.50. The Morgan fingerprint density at radius 2 is 1.65 bits per heavy atom. The lowest BCUT2D eigenvalue weighted by molar-refractivity contribution is 0.0332. The van der Waals surface area contributed by atoms with E-state index >= 15 is 0 Å². The van der Waals surface area contributed by atoms with Gasteiger partial charge in [-0.1, -0.05) is 59.6 Å². The van der Waals surface area contributed by atoms with Gasteiger partial charge < -0.3 is 15.2 Å². The van der Waals surface area contributed by atoms with Crippen LogP contribution in [0.1, 0.15) is 80.6 Å². The Kier molecular flexibility index (Phi) is 16.4. The zero-order chi connectivity index (χ0) is 18.2. The highest BCUT2D eigenvalue weighted by molar-refractivity contribution is 5.01. The molecule has 1 fully saturated rings. The molecule has 2 N–H and O–H groups in total. The molecule has 3 heteroatoms. The van der Waals surface area contributed by atoms with Crippen molar-refractivity contribution in [1.82, 2.24) is 5.32 Å². The summed E-state index contributed by atoms with van der Waals surface area (Å²) >= 11 is 0. The van der Waals surface area contributed by atoms with E-state index in [1.807, 2.05) is 27.7 Å². The molecule has 0 aromatic heterocycles. The summed E-state index contributed by atoms with van der Waals surface area (Å²) < 4.78 is 5.46. The highest BCUT2D eigenvalue weighted by Gasteiger charge is 2.28. The Balaban J connectivity index is 0. The number of ether oxygens (including phenoxy) is 1. The molecule has 23 heavy (non-hydrogen) atoms. The van der Waals surface area contributed by atoms with Crippen molar-refractivity contribution in [2.45, 2.75) is 86.2 Å². The smallest absolute Gasteiger partial charge is 0.0715 e. The molecule has 0 unspecified atom stereocenters. The van der Waals surface area contributed by atoms with E-state index in [2.05, 4.69) is 38.2 Å². The fraction of sp³-hybridized carbons (Fsp3) is 0.900. The van der Waals surface area contributed by atoms with Crippen molar-refractivity contribution in [3.63, 3.8) is 0 Å². The van der Waals surface area contributed by atoms with Crippen LogP contribution in [0.4, 0.5) is 0 Å². The van der Waals surface area contributed by atoms with Gasteiger partial charge in [0.05, 0.1) is 5.60 Å². The summed E-state index contributed by atoms with van der Waals surface area (Å²) in [6.45, 7) is 17.4. The molecule has 1 saturated heterocycles. The van der Waals surface area contributed by atoms with Crippen molar-refractivity contribution in [2.75, 3.05) is 26.3 Å². The molecule has 0 radical (unpaired) electrons. The summed E-state index contributed by atoms with van der Waals surface area (Å²) in [5, 5.41) is 12.9. The van der Waals surface area contributed by atoms with Crippen LogP contribution in [-0.4, -0.2) is 37.0 Å². The number of allylic oxidation sites excluding steroid dienone is 1. The minimum atomic E-state index is -0.631. The predicted molar refractivity (Wildman–Crippen MR) is 103 cm³/mol. The zero-order valence-corrected chi connectivity index (χ0v) is 16.9. The maximum atomic E-state index is 9.60. The van der Waals surface area contributed by atoms with E-state index in [4.69, 9.17) is 4.74 Å². The lowest BCUT2D eigenvalue weighted by atomic mass is 9.76. The van der Waals surface area contributed by atoms with Crippen molar-refractivity contribution in [1.29, 1.82) is 0 Å². The van der Waals surface area contributed by atoms with Crippen molar-refractivity contribution >= 4 is 0 Å². The van der Waals surface area contributed by atoms with Crippen LogP contribution in [0.25, 0.3) is 0 Å². The molecule has 0 aromatic rings. The molecular weight excluding hydrogens is 286 g/mol. The molecule has 0 amide bonds. The van der Waals surface area contributed by atoms with Gasteiger partial charge >= 0.3 is 0 Å². The number of nitrogens with one attached hydrogen (secondary N) is 1. The van der Waals surface area contributed by atoms with Gasteiger partial charge in [0.1, 0.15) is 0 Å². The minimum Gasteiger partial charge on any atom is -0.389 e. The third-order valence-corrected chi connectivity index (χ3v) is 3.53. The molecule has 0 aliphatic carbocycles. The van der Waals surface area contributed by atoms with E-state index in [0.29, 0.717) is 12.0 Å². The van der Waals surface area contributed by atoms with Crippen LogP contribution in [0.2, 0.25) is 0 Å². The lowest BCUT2D eigenvalue weighted by Crippen LogP contribution is -2.35. The van der Waals surface area contributed by atoms with Crippen LogP contribution in [-0.2, 0) is 4.74 Å². The minimum absolute atomic E-state index is 0.351. The summed E-state index contributed by atoms with van der Waals surface area (Å²) in [6.07, 6.45) is 10.6. The Bertz CT molecular complexity index is 258. The van der Waals surface area contributed by atoms with E-state index in [9.17, 15) is 5.11 Å². The Morgan fingerprint density at radius 3 is 2.09 bits per heavy atom. The molecular formula is C20H43NO2. The predicted octanol–water partition coefficient (Wildman–Crippen LogP) is 4.94. The third-order valence-electron chi connectivity index (χ3n) is 3.53. The second-order valence-electron chi connectivity index (χ2n) is 6.78. The monoisotopic (exact) mass is 329 g/mol. The van der Waals surface area contributed by atoms with E-state index in [-0.39, 0.29) is 0 Å². The molecule has 140 valence electrons. The first kappa shape index (κ1) is 24.9. The summed E-state index contributed by atoms with van der Waals surface area (Å²) in [5.74, 6) is 0. The molecule has 3 nitrogen and oxygen atoms in total. The van der Waals surface area contributed by atoms with Crippen LogP contribution in [0.15, 0.2) is 12.2 Å². The molecule has 1 aliphatic rings. The van der Waals surface area contributed by atoms with Gasteiger partial charge in [0.25, 0.3) is 0 Å². The Hall–Kier alpha value is -0.380. The molecule has 0 saturated carbocycles. The highest BCUT2D eigenvalue weighted by Crippen LogP contribution is 2.36. The van der Waals surface area contributed by atoms with Gasteiger partial charge in [-0.2, -0.15) is 0 Å². The van der Waals surface area contributed by atoms with Gasteiger partial charge in [-0.3, -0.25) is 0 Å². The highest BCUT2D eigenvalue weighted by atomic mass is 16.5. The first-order valence-electron chi connectivity index (χ1n) is 9.57. The zero-order valence-electron chi connectivity index (χ0n) is 16.9. The van der Waals surface area contributed by atoms with Crippen LogP contribution in [0, 0.1) is 5.41 Å². The third kappa shape index (κ3) is 14.9. The molecule has 0 aromatic carbocycles. The fourth-order valence-corrected chi connectivity index (χ4v) is 2.55. The van der Waals surface area contributed by atoms with Gasteiger partial charge in [-0.15, -0.1) is 0 Å². The fourth-order valence-electron chi connectivity index (χ4n) is 2.55. The largest absolute Gasteiger partial charge is 0.389 e. The first-order chi connectivity index (χ1) is 10.9. The van der Waals surface area contributed by atoms with E-state index in [1.165, 1.54) is 19.3 Å². The second kappa shape index (κ2) is 15.2. The summed E-state index contributed by atoms with van der Waals surface area (Å²) in [7, 11) is 0. The lowest BCUT2D eigenvalue weighted by Gasteiger charge is -2.34. The second-order valence-corrected chi connectivity index (χ2v) is 6.78. The summed E-state index contributed by atoms with van der Waals surface area (Å²) in [5.41, 5.74) is -0.281. The maximum Gasteiger partial charge on any atom is 0.0715 e. The van der Waals surface area contributed by atoms with Crippen LogP contribution < -0.4 is 5.32 Å². The van der Waals surface area contributed by atoms with Crippen molar-refractivity contribution < 1.29 is 9.84 Å². The van der Waals surface area contributed by atoms with Crippen LogP contribution >= 0.6 is 0 Å². The molecule has 0 atom stereocenters. The Morgan fingerprint density at radius 1 is 1.13 bits per heavy atom. The van der Waals surface area contributed by atoms with Gasteiger partial charge in [0, 0.05) is 26.3 Å². The standard InChI is InChI=1S/C15H29NO2.C3H8.C2H6/c1-4-6-15(8-11-18-12-9-15)7-5-10-16-13-14(2,3)17;1-3-2;1-2/h5,7,16-17H,4,6,8-13H2,1-3H3;3H2,1-2H3;1-2H3/b7-5+;;. The van der Waals surface area contributed by atoms with Gasteiger partial charge in [-0.05, 0) is 38.5 Å². The van der Waals surface area contributed by atoms with E-state index in [1.54, 1.807) is 0 Å². The maximum absolute atomic E-state index is 9.60. The molecule has 0 bridgehead atoms. The summed E-state index contributed by atoms with van der Waals surface area (Å²) in [4.78, 5) is 0. The van der Waals surface area contributed by atoms with E-state index < -0.39 is 5.60 Å². The van der Waals surface area contributed by atoms with Gasteiger partial charge in [0.15, 0.2) is 0 Å². The first-order valence-corrected chi connectivity index (χ1v) is 9.57. The topological polar surface area (TPSA) is 41.5 Å². The normalized spacial score (nSPS) is 17.0. The molecule has 0 spiro atoms. The van der Waals surface area contributed by atoms with Gasteiger partial charge in [-0.25, -0.2) is 0 Å². The average molecular weight is 330 g/mol. The number of rotatable bonds is 7. The van der Waals surface area contributed by atoms with Gasteiger partial charge in [0.2, 0.25) is 0 Å². The van der Waals surface area contributed by atoms with E-state index in [0.717, 1.165) is 32.6 Å². The Labute approximate surface area is 145 Å². The van der Waals surface area contributed by atoms with Crippen LogP contribution in [0.3, 0.4) is 0 Å². The molecule has 1 aliphatic heterocycles. The van der Waals surface area contributed by atoms with Crippen molar-refractivity contribution in [3.8, 4) is 0 Å². The van der Waals surface area contributed by atoms with Crippen LogP contribution in [0.5, 0.6) is 0 Å². The molecule has 1 heterocycles. The SMILES string of the molecule is CC.CCC.CCCC1(/C=C/CNCC(C)(C)O)CCOCC1. The summed E-state index contributed by atoms with van der Waals surface area (Å²) in [6, 6.07) is 0. The number of hydrogen-bond acceptors (Lipinski definition) is 3. The van der Waals surface area contributed by atoms with Crippen molar-refractivity contribution in [3.05, 3.63) is 12.2 Å². The number of hydrogen-bond donors (Lipinski definition) is 2. The molecule has 1 rings (SSSR count).